The third kappa shape index (κ3) is 4.23. The summed E-state index contributed by atoms with van der Waals surface area (Å²) in [4.78, 5) is 31.5. The van der Waals surface area contributed by atoms with Crippen LogP contribution in [0, 0.1) is 24.2 Å². The van der Waals surface area contributed by atoms with E-state index in [1.807, 2.05) is 31.2 Å². The van der Waals surface area contributed by atoms with E-state index in [0.29, 0.717) is 36.8 Å². The molecule has 1 aliphatic rings. The molecule has 0 aliphatic carbocycles. The molecular weight excluding hydrogens is 424 g/mol. The first-order chi connectivity index (χ1) is 16.0. The highest BCUT2D eigenvalue weighted by molar-refractivity contribution is 5.97. The Balaban J connectivity index is 1.66. The Morgan fingerprint density at radius 1 is 1.36 bits per heavy atom. The summed E-state index contributed by atoms with van der Waals surface area (Å²) in [6.45, 7) is 3.08. The molecule has 1 saturated heterocycles. The average Bonchev–Trinajstić information content (AvgIpc) is 3.40. The summed E-state index contributed by atoms with van der Waals surface area (Å²) in [7, 11) is 3.14. The van der Waals surface area contributed by atoms with E-state index >= 15 is 0 Å². The van der Waals surface area contributed by atoms with E-state index in [1.165, 1.54) is 10.9 Å². The minimum absolute atomic E-state index is 0.0971. The molecule has 1 N–H and O–H groups in total. The van der Waals surface area contributed by atoms with Gasteiger partial charge in [0.05, 0.1) is 25.8 Å². The number of methoxy groups -OCH3 is 2. The number of para-hydroxylation sites is 1. The van der Waals surface area contributed by atoms with Gasteiger partial charge in [-0.3, -0.25) is 9.59 Å². The summed E-state index contributed by atoms with van der Waals surface area (Å²) in [5, 5.41) is 17.6. The Kier molecular flexibility index (Phi) is 6.24. The molecule has 2 amide bonds. The third-order valence-corrected chi connectivity index (χ3v) is 5.71. The van der Waals surface area contributed by atoms with Gasteiger partial charge in [-0.05, 0) is 24.6 Å². The Hall–Kier alpha value is -3.97. The Bertz CT molecular complexity index is 1260. The van der Waals surface area contributed by atoms with E-state index in [9.17, 15) is 14.9 Å². The number of nitriles is 1. The van der Waals surface area contributed by atoms with E-state index < -0.39 is 5.92 Å². The van der Waals surface area contributed by atoms with Gasteiger partial charge in [0.15, 0.2) is 11.6 Å². The van der Waals surface area contributed by atoms with Crippen molar-refractivity contribution in [1.29, 1.82) is 5.26 Å². The molecule has 4 rings (SSSR count). The van der Waals surface area contributed by atoms with Crippen molar-refractivity contribution in [2.45, 2.75) is 13.3 Å². The summed E-state index contributed by atoms with van der Waals surface area (Å²) >= 11 is 0. The topological polar surface area (TPSA) is 122 Å². The van der Waals surface area contributed by atoms with E-state index in [2.05, 4.69) is 21.5 Å². The maximum Gasteiger partial charge on any atom is 0.230 e. The molecule has 3 heterocycles. The molecule has 10 nitrogen and oxygen atoms in total. The molecule has 33 heavy (non-hydrogen) atoms. The minimum atomic E-state index is -0.532. The fraction of sp³-hybridized carbons (Fsp3) is 0.348. The summed E-state index contributed by atoms with van der Waals surface area (Å²) in [5.74, 6) is 0.278. The quantitative estimate of drug-likeness (QED) is 0.587. The standard InChI is InChI=1S/C23H24N6O4/c1-14-9-19(26-21-17(14)5-4-6-18(21)33-3)29-22(16(11-24)12-25-29)27-23(31)15-10-20(30)28(13-15)7-8-32-2/h4-6,9,12,15H,7-8,10,13H2,1-3H3,(H,27,31). The molecule has 0 saturated carbocycles. The third-order valence-electron chi connectivity index (χ3n) is 5.71. The number of carbonyl (C=O) groups excluding carboxylic acids is 2. The van der Waals surface area contributed by atoms with Crippen molar-refractivity contribution in [2.75, 3.05) is 39.2 Å². The van der Waals surface area contributed by atoms with Gasteiger partial charge < -0.3 is 19.7 Å². The predicted molar refractivity (Wildman–Crippen MR) is 120 cm³/mol. The number of benzene rings is 1. The zero-order valence-electron chi connectivity index (χ0n) is 18.7. The zero-order valence-corrected chi connectivity index (χ0v) is 18.7. The average molecular weight is 448 g/mol. The van der Waals surface area contributed by atoms with Crippen LogP contribution in [0.4, 0.5) is 5.82 Å². The molecule has 0 radical (unpaired) electrons. The van der Waals surface area contributed by atoms with Crippen LogP contribution >= 0.6 is 0 Å². The maximum absolute atomic E-state index is 13.0. The molecule has 0 bridgehead atoms. The number of hydrogen-bond acceptors (Lipinski definition) is 7. The number of ether oxygens (including phenoxy) is 2. The summed E-state index contributed by atoms with van der Waals surface area (Å²) in [5.41, 5.74) is 1.79. The van der Waals surface area contributed by atoms with Crippen molar-refractivity contribution < 1.29 is 19.1 Å². The van der Waals surface area contributed by atoms with Crippen LogP contribution < -0.4 is 10.1 Å². The monoisotopic (exact) mass is 448 g/mol. The number of nitrogens with zero attached hydrogens (tertiary/aromatic N) is 5. The van der Waals surface area contributed by atoms with E-state index in [4.69, 9.17) is 9.47 Å². The normalized spacial score (nSPS) is 15.6. The number of rotatable bonds is 7. The summed E-state index contributed by atoms with van der Waals surface area (Å²) in [6.07, 6.45) is 1.49. The van der Waals surface area contributed by atoms with Gasteiger partial charge in [0, 0.05) is 32.0 Å². The maximum atomic E-state index is 13.0. The molecule has 3 aromatic rings. The van der Waals surface area contributed by atoms with Gasteiger partial charge >= 0.3 is 0 Å². The lowest BCUT2D eigenvalue weighted by Gasteiger charge is -2.16. The molecule has 1 aromatic carbocycles. The van der Waals surface area contributed by atoms with Gasteiger partial charge in [0.25, 0.3) is 0 Å². The number of fused-ring (bicyclic) bond motifs is 1. The van der Waals surface area contributed by atoms with Crippen molar-refractivity contribution in [2.24, 2.45) is 5.92 Å². The van der Waals surface area contributed by atoms with Gasteiger partial charge in [-0.2, -0.15) is 15.0 Å². The first-order valence-electron chi connectivity index (χ1n) is 10.5. The Morgan fingerprint density at radius 3 is 2.91 bits per heavy atom. The van der Waals surface area contributed by atoms with E-state index in [1.54, 1.807) is 19.1 Å². The molecule has 10 heteroatoms. The Morgan fingerprint density at radius 2 is 2.18 bits per heavy atom. The molecule has 1 aliphatic heterocycles. The molecule has 0 spiro atoms. The lowest BCUT2D eigenvalue weighted by molar-refractivity contribution is -0.128. The van der Waals surface area contributed by atoms with E-state index in [-0.39, 0.29) is 29.6 Å². The Labute approximate surface area is 190 Å². The van der Waals surface area contributed by atoms with Gasteiger partial charge in [-0.1, -0.05) is 12.1 Å². The lowest BCUT2D eigenvalue weighted by atomic mass is 10.1. The minimum Gasteiger partial charge on any atom is -0.494 e. The van der Waals surface area contributed by atoms with Gasteiger partial charge in [-0.15, -0.1) is 0 Å². The number of hydrogen-bond donors (Lipinski definition) is 1. The summed E-state index contributed by atoms with van der Waals surface area (Å²) < 4.78 is 11.9. The fourth-order valence-corrected chi connectivity index (χ4v) is 3.96. The van der Waals surface area contributed by atoms with Crippen LogP contribution in [0.15, 0.2) is 30.5 Å². The first kappa shape index (κ1) is 22.2. The van der Waals surface area contributed by atoms with Crippen molar-refractivity contribution in [3.05, 3.63) is 41.6 Å². The molecule has 1 fully saturated rings. The largest absolute Gasteiger partial charge is 0.494 e. The number of aryl methyl sites for hydroxylation is 1. The van der Waals surface area contributed by atoms with Crippen LogP contribution in [0.2, 0.25) is 0 Å². The summed E-state index contributed by atoms with van der Waals surface area (Å²) in [6, 6.07) is 9.54. The second kappa shape index (κ2) is 9.26. The number of pyridine rings is 1. The first-order valence-corrected chi connectivity index (χ1v) is 10.5. The van der Waals surface area contributed by atoms with Crippen LogP contribution in [-0.2, 0) is 14.3 Å². The number of amides is 2. The van der Waals surface area contributed by atoms with Crippen LogP contribution in [0.5, 0.6) is 5.75 Å². The zero-order chi connectivity index (χ0) is 23.5. The lowest BCUT2D eigenvalue weighted by Crippen LogP contribution is -2.31. The smallest absolute Gasteiger partial charge is 0.230 e. The number of likely N-dealkylation sites (tertiary alicyclic amines) is 1. The van der Waals surface area contributed by atoms with Crippen LogP contribution in [-0.4, -0.2) is 65.4 Å². The van der Waals surface area contributed by atoms with Gasteiger partial charge in [0.1, 0.15) is 22.9 Å². The number of carbonyl (C=O) groups is 2. The van der Waals surface area contributed by atoms with Crippen LogP contribution in [0.1, 0.15) is 17.5 Å². The van der Waals surface area contributed by atoms with Crippen molar-refractivity contribution in [3.63, 3.8) is 0 Å². The number of nitrogens with one attached hydrogen (secondary N) is 1. The van der Waals surface area contributed by atoms with Crippen molar-refractivity contribution in [1.82, 2.24) is 19.7 Å². The van der Waals surface area contributed by atoms with Crippen LogP contribution in [0.3, 0.4) is 0 Å². The molecule has 1 unspecified atom stereocenters. The highest BCUT2D eigenvalue weighted by Crippen LogP contribution is 2.29. The predicted octanol–water partition coefficient (Wildman–Crippen LogP) is 2.04. The van der Waals surface area contributed by atoms with Crippen molar-refractivity contribution in [3.8, 4) is 17.6 Å². The van der Waals surface area contributed by atoms with Gasteiger partial charge in [0.2, 0.25) is 11.8 Å². The SMILES string of the molecule is COCCN1CC(C(=O)Nc2c(C#N)cnn2-c2cc(C)c3cccc(OC)c3n2)CC1=O. The molecule has 170 valence electrons. The van der Waals surface area contributed by atoms with E-state index in [0.717, 1.165) is 10.9 Å². The number of anilines is 1. The second-order valence-corrected chi connectivity index (χ2v) is 7.81. The molecule has 2 aromatic heterocycles. The molecule has 1 atom stereocenters. The molecular formula is C23H24N6O4. The van der Waals surface area contributed by atoms with Gasteiger partial charge in [-0.25, -0.2) is 4.98 Å². The van der Waals surface area contributed by atoms with Crippen LogP contribution in [0.25, 0.3) is 16.7 Å². The van der Waals surface area contributed by atoms with Crippen molar-refractivity contribution >= 4 is 28.5 Å². The second-order valence-electron chi connectivity index (χ2n) is 7.81. The number of aromatic nitrogens is 3. The highest BCUT2D eigenvalue weighted by Gasteiger charge is 2.34. The highest BCUT2D eigenvalue weighted by atomic mass is 16.5. The fourth-order valence-electron chi connectivity index (χ4n) is 3.96.